The van der Waals surface area contributed by atoms with Crippen molar-refractivity contribution in [1.82, 2.24) is 4.90 Å². The van der Waals surface area contributed by atoms with Crippen LogP contribution < -0.4 is 10.1 Å². The minimum Gasteiger partial charge on any atom is -0.483 e. The van der Waals surface area contributed by atoms with Crippen molar-refractivity contribution in [2.45, 2.75) is 26.9 Å². The summed E-state index contributed by atoms with van der Waals surface area (Å²) in [6, 6.07) is 10.3. The van der Waals surface area contributed by atoms with Gasteiger partial charge in [-0.3, -0.25) is 9.59 Å². The van der Waals surface area contributed by atoms with Gasteiger partial charge in [0.2, 0.25) is 5.91 Å². The quantitative estimate of drug-likeness (QED) is 0.748. The van der Waals surface area contributed by atoms with Gasteiger partial charge < -0.3 is 15.0 Å². The number of ether oxygens (including phenoxy) is 1. The third-order valence-corrected chi connectivity index (χ3v) is 4.32. The highest BCUT2D eigenvalue weighted by molar-refractivity contribution is 5.95. The van der Waals surface area contributed by atoms with Crippen molar-refractivity contribution < 1.29 is 27.5 Å². The molecule has 2 rings (SSSR count). The molecule has 0 atom stereocenters. The summed E-state index contributed by atoms with van der Waals surface area (Å²) in [4.78, 5) is 25.9. The number of para-hydroxylation sites is 2. The average molecular weight is 408 g/mol. The number of amides is 2. The van der Waals surface area contributed by atoms with Gasteiger partial charge in [0, 0.05) is 6.54 Å². The second-order valence-corrected chi connectivity index (χ2v) is 6.51. The number of rotatable bonds is 7. The molecule has 0 aliphatic rings. The third kappa shape index (κ3) is 5.97. The molecular weight excluding hydrogens is 385 g/mol. The summed E-state index contributed by atoms with van der Waals surface area (Å²) in [6.45, 7) is 4.95. The molecule has 0 radical (unpaired) electrons. The summed E-state index contributed by atoms with van der Waals surface area (Å²) in [5.74, 6) is -0.557. The maximum absolute atomic E-state index is 13.1. The van der Waals surface area contributed by atoms with Crippen LogP contribution in [0.25, 0.3) is 0 Å². The van der Waals surface area contributed by atoms with Gasteiger partial charge in [0.05, 0.1) is 17.8 Å². The lowest BCUT2D eigenvalue weighted by Gasteiger charge is -2.22. The minimum atomic E-state index is -4.59. The van der Waals surface area contributed by atoms with E-state index in [0.717, 1.165) is 17.2 Å². The summed E-state index contributed by atoms with van der Waals surface area (Å²) >= 11 is 0. The lowest BCUT2D eigenvalue weighted by atomic mass is 10.1. The van der Waals surface area contributed by atoms with Crippen LogP contribution >= 0.6 is 0 Å². The molecule has 2 aromatic rings. The molecule has 29 heavy (non-hydrogen) atoms. The standard InChI is InChI=1S/C21H23F3N2O3/c1-4-26(19(28)13-29-20-14(2)8-7-9-15(20)3)12-18(27)25-17-11-6-5-10-16(17)21(22,23)24/h5-11H,4,12-13H2,1-3H3,(H,25,27). The number of likely N-dealkylation sites (N-methyl/N-ethyl adjacent to an activating group) is 1. The van der Waals surface area contributed by atoms with Crippen molar-refractivity contribution in [2.24, 2.45) is 0 Å². The van der Waals surface area contributed by atoms with Crippen molar-refractivity contribution in [2.75, 3.05) is 25.0 Å². The van der Waals surface area contributed by atoms with Gasteiger partial charge in [-0.2, -0.15) is 13.2 Å². The Bertz CT molecular complexity index is 861. The number of benzene rings is 2. The first kappa shape index (κ1) is 22.3. The SMILES string of the molecule is CCN(CC(=O)Nc1ccccc1C(F)(F)F)C(=O)COc1c(C)cccc1C. The third-order valence-electron chi connectivity index (χ3n) is 4.32. The number of hydrogen-bond donors (Lipinski definition) is 1. The van der Waals surface area contributed by atoms with E-state index in [0.29, 0.717) is 5.75 Å². The first-order valence-electron chi connectivity index (χ1n) is 9.06. The van der Waals surface area contributed by atoms with Gasteiger partial charge in [0.1, 0.15) is 5.75 Å². The topological polar surface area (TPSA) is 58.6 Å². The van der Waals surface area contributed by atoms with Crippen LogP contribution in [-0.2, 0) is 15.8 Å². The Morgan fingerprint density at radius 3 is 2.24 bits per heavy atom. The molecule has 8 heteroatoms. The van der Waals surface area contributed by atoms with Crippen LogP contribution in [0.5, 0.6) is 5.75 Å². The van der Waals surface area contributed by atoms with E-state index in [4.69, 9.17) is 4.74 Å². The Kier molecular flexibility index (Phi) is 7.25. The van der Waals surface area contributed by atoms with Crippen LogP contribution in [0.2, 0.25) is 0 Å². The van der Waals surface area contributed by atoms with Crippen molar-refractivity contribution in [3.05, 3.63) is 59.2 Å². The summed E-state index contributed by atoms with van der Waals surface area (Å²) in [6.07, 6.45) is -4.59. The van der Waals surface area contributed by atoms with Gasteiger partial charge in [-0.25, -0.2) is 0 Å². The second-order valence-electron chi connectivity index (χ2n) is 6.51. The number of nitrogens with one attached hydrogen (secondary N) is 1. The van der Waals surface area contributed by atoms with E-state index in [-0.39, 0.29) is 25.4 Å². The molecule has 1 N–H and O–H groups in total. The normalized spacial score (nSPS) is 11.1. The predicted octanol–water partition coefficient (Wildman–Crippen LogP) is 4.19. The second kappa shape index (κ2) is 9.45. The molecular formula is C21H23F3N2O3. The molecule has 5 nitrogen and oxygen atoms in total. The summed E-state index contributed by atoms with van der Waals surface area (Å²) < 4.78 is 44.8. The van der Waals surface area contributed by atoms with Crippen LogP contribution in [0.1, 0.15) is 23.6 Å². The van der Waals surface area contributed by atoms with Crippen molar-refractivity contribution in [1.29, 1.82) is 0 Å². The number of hydrogen-bond acceptors (Lipinski definition) is 3. The van der Waals surface area contributed by atoms with Crippen LogP contribution in [0, 0.1) is 13.8 Å². The number of carbonyl (C=O) groups is 2. The van der Waals surface area contributed by atoms with E-state index < -0.39 is 23.6 Å². The smallest absolute Gasteiger partial charge is 0.418 e. The number of aryl methyl sites for hydroxylation is 2. The molecule has 0 unspecified atom stereocenters. The molecule has 156 valence electrons. The van der Waals surface area contributed by atoms with E-state index >= 15 is 0 Å². The van der Waals surface area contributed by atoms with Gasteiger partial charge >= 0.3 is 6.18 Å². The van der Waals surface area contributed by atoms with E-state index in [2.05, 4.69) is 5.32 Å². The maximum atomic E-state index is 13.1. The lowest BCUT2D eigenvalue weighted by molar-refractivity contribution is -0.138. The molecule has 0 heterocycles. The van der Waals surface area contributed by atoms with E-state index in [1.54, 1.807) is 6.92 Å². The molecule has 0 aliphatic carbocycles. The van der Waals surface area contributed by atoms with Gasteiger partial charge in [0.15, 0.2) is 6.61 Å². The molecule has 0 saturated carbocycles. The van der Waals surface area contributed by atoms with E-state index in [9.17, 15) is 22.8 Å². The minimum absolute atomic E-state index is 0.212. The highest BCUT2D eigenvalue weighted by Gasteiger charge is 2.33. The molecule has 0 fully saturated rings. The number of anilines is 1. The van der Waals surface area contributed by atoms with Crippen molar-refractivity contribution in [3.8, 4) is 5.75 Å². The van der Waals surface area contributed by atoms with Gasteiger partial charge in [-0.05, 0) is 44.0 Å². The van der Waals surface area contributed by atoms with E-state index in [1.165, 1.54) is 23.1 Å². The van der Waals surface area contributed by atoms with Gasteiger partial charge in [0.25, 0.3) is 5.91 Å². The number of nitrogens with zero attached hydrogens (tertiary/aromatic N) is 1. The average Bonchev–Trinajstić information content (AvgIpc) is 2.65. The lowest BCUT2D eigenvalue weighted by Crippen LogP contribution is -2.40. The Morgan fingerprint density at radius 1 is 1.03 bits per heavy atom. The molecule has 0 aromatic heterocycles. The first-order chi connectivity index (χ1) is 13.6. The van der Waals surface area contributed by atoms with Crippen LogP contribution in [0.15, 0.2) is 42.5 Å². The Hall–Kier alpha value is -3.03. The fourth-order valence-electron chi connectivity index (χ4n) is 2.83. The predicted molar refractivity (Wildman–Crippen MR) is 104 cm³/mol. The summed E-state index contributed by atoms with van der Waals surface area (Å²) in [7, 11) is 0. The molecule has 0 aliphatic heterocycles. The molecule has 2 aromatic carbocycles. The highest BCUT2D eigenvalue weighted by atomic mass is 19.4. The van der Waals surface area contributed by atoms with E-state index in [1.807, 2.05) is 32.0 Å². The zero-order valence-electron chi connectivity index (χ0n) is 16.5. The highest BCUT2D eigenvalue weighted by Crippen LogP contribution is 2.34. The molecule has 0 spiro atoms. The zero-order valence-corrected chi connectivity index (χ0v) is 16.5. The Balaban J connectivity index is 2.00. The monoisotopic (exact) mass is 408 g/mol. The molecule has 0 saturated heterocycles. The summed E-state index contributed by atoms with van der Waals surface area (Å²) in [5.41, 5.74) is 0.464. The number of alkyl halides is 3. The number of halogens is 3. The Labute approximate surface area is 167 Å². The van der Waals surface area contributed by atoms with Crippen LogP contribution in [0.3, 0.4) is 0 Å². The van der Waals surface area contributed by atoms with Crippen molar-refractivity contribution >= 4 is 17.5 Å². The zero-order chi connectivity index (χ0) is 21.6. The first-order valence-corrected chi connectivity index (χ1v) is 9.06. The van der Waals surface area contributed by atoms with Gasteiger partial charge in [-0.15, -0.1) is 0 Å². The molecule has 0 bridgehead atoms. The fraction of sp³-hybridized carbons (Fsp3) is 0.333. The maximum Gasteiger partial charge on any atom is 0.418 e. The van der Waals surface area contributed by atoms with Crippen LogP contribution in [-0.4, -0.2) is 36.4 Å². The van der Waals surface area contributed by atoms with Crippen molar-refractivity contribution in [3.63, 3.8) is 0 Å². The fourth-order valence-corrected chi connectivity index (χ4v) is 2.83. The Morgan fingerprint density at radius 2 is 1.66 bits per heavy atom. The molecule has 2 amide bonds. The van der Waals surface area contributed by atoms with Crippen LogP contribution in [0.4, 0.5) is 18.9 Å². The largest absolute Gasteiger partial charge is 0.483 e. The number of carbonyl (C=O) groups excluding carboxylic acids is 2. The van der Waals surface area contributed by atoms with Gasteiger partial charge in [-0.1, -0.05) is 30.3 Å². The summed E-state index contributed by atoms with van der Waals surface area (Å²) in [5, 5.41) is 2.24.